The maximum atomic E-state index is 14.1. The first-order valence-electron chi connectivity index (χ1n) is 10.9. The Hall–Kier alpha value is -3.45. The molecule has 0 aromatic heterocycles. The molecule has 0 saturated carbocycles. The molecule has 6 nitrogen and oxygen atoms in total. The van der Waals surface area contributed by atoms with Crippen LogP contribution in [0.3, 0.4) is 0 Å². The largest absolute Gasteiger partial charge is 0.494 e. The van der Waals surface area contributed by atoms with Gasteiger partial charge in [-0.25, -0.2) is 4.39 Å². The van der Waals surface area contributed by atoms with Gasteiger partial charge in [-0.3, -0.25) is 9.59 Å². The number of ketones is 1. The molecule has 2 heterocycles. The number of methoxy groups -OCH3 is 1. The van der Waals surface area contributed by atoms with Crippen LogP contribution in [0.2, 0.25) is 0 Å². The highest BCUT2D eigenvalue weighted by Gasteiger charge is 2.37. The highest BCUT2D eigenvalue weighted by atomic mass is 19.1. The molecule has 2 aromatic rings. The first-order valence-corrected chi connectivity index (χ1v) is 10.9. The van der Waals surface area contributed by atoms with E-state index in [4.69, 9.17) is 10.5 Å². The van der Waals surface area contributed by atoms with Crippen LogP contribution in [0.4, 0.5) is 10.1 Å². The second-order valence-corrected chi connectivity index (χ2v) is 8.03. The molecule has 0 radical (unpaired) electrons. The molecule has 2 aliphatic rings. The molecule has 2 aliphatic heterocycles. The molecule has 0 fully saturated rings. The Morgan fingerprint density at radius 1 is 1.27 bits per heavy atom. The van der Waals surface area contributed by atoms with Crippen LogP contribution < -0.4 is 20.7 Å². The molecular weight excluding hydrogens is 421 g/mol. The summed E-state index contributed by atoms with van der Waals surface area (Å²) in [5.74, 6) is -0.300. The van der Waals surface area contributed by atoms with Crippen LogP contribution in [-0.4, -0.2) is 25.3 Å². The normalized spacial score (nSPS) is 19.4. The number of nitrogens with one attached hydrogen (secondary N) is 1. The molecule has 0 unspecified atom stereocenters. The Balaban J connectivity index is 0.000000292. The van der Waals surface area contributed by atoms with Crippen molar-refractivity contribution in [2.24, 2.45) is 5.73 Å². The Morgan fingerprint density at radius 3 is 2.67 bits per heavy atom. The number of benzene rings is 2. The second-order valence-electron chi connectivity index (χ2n) is 8.03. The summed E-state index contributed by atoms with van der Waals surface area (Å²) in [5, 5.41) is 2.97. The van der Waals surface area contributed by atoms with E-state index in [2.05, 4.69) is 10.2 Å². The standard InChI is InChI=1S/C18H18FN3O2.C8H12O/c1-24-15-6-5-10(9-13(15)19)17-21-18(23)12-4-2-3-11-14(20)7-8-22(17)16(11)12;1-4-5-6-7(2)8(3)9/h2-6,9,14,17H,7-8,20H2,1H3,(H,21,23);4-6H,1-3H3/b;5-4-,7-6+/t14-,17-;/m0./s1. The zero-order valence-corrected chi connectivity index (χ0v) is 19.4. The summed E-state index contributed by atoms with van der Waals surface area (Å²) in [7, 11) is 1.43. The number of nitrogens with two attached hydrogens (primary N) is 1. The van der Waals surface area contributed by atoms with Gasteiger partial charge in [0.25, 0.3) is 5.91 Å². The maximum Gasteiger partial charge on any atom is 0.255 e. The Morgan fingerprint density at radius 2 is 2.03 bits per heavy atom. The summed E-state index contributed by atoms with van der Waals surface area (Å²) in [6.07, 6.45) is 5.92. The Labute approximate surface area is 193 Å². The van der Waals surface area contributed by atoms with Gasteiger partial charge in [0.2, 0.25) is 0 Å². The number of hydrogen-bond donors (Lipinski definition) is 2. The van der Waals surface area contributed by atoms with Crippen molar-refractivity contribution in [2.45, 2.75) is 39.4 Å². The Bertz CT molecular complexity index is 1110. The number of rotatable bonds is 4. The van der Waals surface area contributed by atoms with Gasteiger partial charge in [-0.05, 0) is 62.1 Å². The van der Waals surface area contributed by atoms with E-state index in [9.17, 15) is 14.0 Å². The first-order chi connectivity index (χ1) is 15.8. The molecule has 0 aliphatic carbocycles. The van der Waals surface area contributed by atoms with Gasteiger partial charge in [-0.2, -0.15) is 0 Å². The van der Waals surface area contributed by atoms with Gasteiger partial charge in [-0.1, -0.05) is 36.4 Å². The lowest BCUT2D eigenvalue weighted by Gasteiger charge is -2.44. The summed E-state index contributed by atoms with van der Waals surface area (Å²) in [5.41, 5.74) is 10.1. The van der Waals surface area contributed by atoms with E-state index < -0.39 is 12.0 Å². The van der Waals surface area contributed by atoms with Gasteiger partial charge in [0, 0.05) is 12.6 Å². The summed E-state index contributed by atoms with van der Waals surface area (Å²) in [6.45, 7) is 5.99. The van der Waals surface area contributed by atoms with Crippen LogP contribution in [0, 0.1) is 5.82 Å². The molecular formula is C26H30FN3O3. The Kier molecular flexibility index (Phi) is 7.66. The van der Waals surface area contributed by atoms with Crippen LogP contribution in [0.15, 0.2) is 60.2 Å². The van der Waals surface area contributed by atoms with E-state index in [1.165, 1.54) is 13.2 Å². The molecule has 1 amide bonds. The third kappa shape index (κ3) is 5.14. The molecule has 0 saturated heterocycles. The van der Waals surface area contributed by atoms with Crippen LogP contribution in [0.25, 0.3) is 0 Å². The van der Waals surface area contributed by atoms with E-state index in [-0.39, 0.29) is 23.5 Å². The van der Waals surface area contributed by atoms with Crippen LogP contribution in [0.1, 0.15) is 60.9 Å². The van der Waals surface area contributed by atoms with Crippen LogP contribution in [-0.2, 0) is 4.79 Å². The molecule has 2 atom stereocenters. The summed E-state index contributed by atoms with van der Waals surface area (Å²) < 4.78 is 19.1. The minimum absolute atomic E-state index is 0.0876. The number of hydrogen-bond acceptors (Lipinski definition) is 5. The van der Waals surface area contributed by atoms with Crippen molar-refractivity contribution in [3.8, 4) is 5.75 Å². The monoisotopic (exact) mass is 451 g/mol. The van der Waals surface area contributed by atoms with Crippen molar-refractivity contribution in [1.29, 1.82) is 0 Å². The van der Waals surface area contributed by atoms with Crippen molar-refractivity contribution < 1.29 is 18.7 Å². The molecule has 0 spiro atoms. The number of amides is 1. The molecule has 7 heteroatoms. The van der Waals surface area contributed by atoms with Crippen molar-refractivity contribution in [1.82, 2.24) is 5.32 Å². The van der Waals surface area contributed by atoms with E-state index in [0.29, 0.717) is 17.7 Å². The summed E-state index contributed by atoms with van der Waals surface area (Å²) >= 11 is 0. The third-order valence-corrected chi connectivity index (χ3v) is 5.84. The third-order valence-electron chi connectivity index (χ3n) is 5.84. The number of nitrogens with zero attached hydrogens (tertiary/aromatic N) is 1. The predicted octanol–water partition coefficient (Wildman–Crippen LogP) is 4.58. The molecule has 174 valence electrons. The number of para-hydroxylation sites is 1. The number of carbonyl (C=O) groups is 2. The van der Waals surface area contributed by atoms with E-state index in [0.717, 1.165) is 23.2 Å². The lowest BCUT2D eigenvalue weighted by atomic mass is 9.90. The van der Waals surface area contributed by atoms with Gasteiger partial charge in [0.05, 0.1) is 18.4 Å². The minimum atomic E-state index is -0.447. The first kappa shape index (κ1) is 24.2. The number of halogens is 1. The SMILES string of the molecule is C/C=C\C=C(/C)C(C)=O.COc1ccc([C@H]2NC(=O)c3cccc4c3N2CC[C@@H]4N)cc1F. The number of ether oxygens (including phenoxy) is 1. The molecule has 4 rings (SSSR count). The average Bonchev–Trinajstić information content (AvgIpc) is 2.81. The van der Waals surface area contributed by atoms with Gasteiger partial charge in [-0.15, -0.1) is 0 Å². The summed E-state index contributed by atoms with van der Waals surface area (Å²) in [4.78, 5) is 25.2. The number of carbonyl (C=O) groups excluding carboxylic acids is 2. The van der Waals surface area contributed by atoms with E-state index in [1.54, 1.807) is 25.1 Å². The van der Waals surface area contributed by atoms with Gasteiger partial charge in [0.15, 0.2) is 17.3 Å². The lowest BCUT2D eigenvalue weighted by Crippen LogP contribution is -2.49. The van der Waals surface area contributed by atoms with Crippen molar-refractivity contribution >= 4 is 17.4 Å². The molecule has 33 heavy (non-hydrogen) atoms. The zero-order valence-electron chi connectivity index (χ0n) is 19.4. The van der Waals surface area contributed by atoms with Crippen LogP contribution in [0.5, 0.6) is 5.75 Å². The fourth-order valence-electron chi connectivity index (χ4n) is 3.92. The van der Waals surface area contributed by atoms with E-state index in [1.807, 2.05) is 44.2 Å². The van der Waals surface area contributed by atoms with Crippen molar-refractivity contribution in [3.05, 3.63) is 82.7 Å². The maximum absolute atomic E-state index is 14.1. The zero-order chi connectivity index (χ0) is 24.1. The van der Waals surface area contributed by atoms with Gasteiger partial charge in [0.1, 0.15) is 6.17 Å². The van der Waals surface area contributed by atoms with Gasteiger partial charge < -0.3 is 20.7 Å². The highest BCUT2D eigenvalue weighted by Crippen LogP contribution is 2.42. The number of Topliss-reactive ketones (excluding diaryl/α,β-unsaturated/α-hetero) is 1. The van der Waals surface area contributed by atoms with Crippen molar-refractivity contribution in [2.75, 3.05) is 18.6 Å². The number of anilines is 1. The lowest BCUT2D eigenvalue weighted by molar-refractivity contribution is -0.113. The summed E-state index contributed by atoms with van der Waals surface area (Å²) in [6, 6.07) is 10.3. The second kappa shape index (κ2) is 10.4. The topological polar surface area (TPSA) is 84.7 Å². The smallest absolute Gasteiger partial charge is 0.255 e. The minimum Gasteiger partial charge on any atom is -0.494 e. The van der Waals surface area contributed by atoms with Gasteiger partial charge >= 0.3 is 0 Å². The molecule has 3 N–H and O–H groups in total. The fraction of sp³-hybridized carbons (Fsp3) is 0.308. The molecule has 0 bridgehead atoms. The quantitative estimate of drug-likeness (QED) is 0.525. The highest BCUT2D eigenvalue weighted by molar-refractivity contribution is 6.03. The van der Waals surface area contributed by atoms with Crippen molar-refractivity contribution in [3.63, 3.8) is 0 Å². The van der Waals surface area contributed by atoms with Crippen LogP contribution >= 0.6 is 0 Å². The number of allylic oxidation sites excluding steroid dienone is 4. The molecule has 2 aromatic carbocycles. The fourth-order valence-corrected chi connectivity index (χ4v) is 3.92. The van der Waals surface area contributed by atoms with E-state index >= 15 is 0 Å². The predicted molar refractivity (Wildman–Crippen MR) is 128 cm³/mol. The average molecular weight is 452 g/mol.